The number of carboxylic acids is 1. The van der Waals surface area contributed by atoms with Gasteiger partial charge >= 0.3 is 5.97 Å². The minimum atomic E-state index is -0.837. The van der Waals surface area contributed by atoms with Crippen LogP contribution in [0.15, 0.2) is 24.3 Å². The van der Waals surface area contributed by atoms with E-state index in [1.165, 1.54) is 0 Å². The number of ether oxygens (including phenoxy) is 2. The fourth-order valence-electron chi connectivity index (χ4n) is 2.01. The number of rotatable bonds is 3. The van der Waals surface area contributed by atoms with Gasteiger partial charge in [-0.05, 0) is 25.0 Å². The lowest BCUT2D eigenvalue weighted by Crippen LogP contribution is -2.20. The van der Waals surface area contributed by atoms with Gasteiger partial charge in [0.15, 0.2) is 5.79 Å². The second-order valence-corrected chi connectivity index (χ2v) is 4.59. The van der Waals surface area contributed by atoms with Gasteiger partial charge in [-0.25, -0.2) is 0 Å². The molecule has 17 heavy (non-hydrogen) atoms. The second kappa shape index (κ2) is 4.47. The molecule has 4 heteroatoms. The van der Waals surface area contributed by atoms with Gasteiger partial charge in [-0.3, -0.25) is 4.79 Å². The Morgan fingerprint density at radius 3 is 2.76 bits per heavy atom. The van der Waals surface area contributed by atoms with E-state index in [9.17, 15) is 4.79 Å². The van der Waals surface area contributed by atoms with Gasteiger partial charge in [-0.1, -0.05) is 24.3 Å². The molecule has 1 aromatic rings. The third kappa shape index (κ3) is 2.84. The summed E-state index contributed by atoms with van der Waals surface area (Å²) in [5.74, 6) is -1.43. The molecule has 0 radical (unpaired) electrons. The van der Waals surface area contributed by atoms with Crippen LogP contribution in [0.4, 0.5) is 0 Å². The zero-order valence-corrected chi connectivity index (χ0v) is 9.97. The molecule has 1 saturated heterocycles. The lowest BCUT2D eigenvalue weighted by molar-refractivity contribution is -0.139. The number of hydrogen-bond acceptors (Lipinski definition) is 3. The number of hydrogen-bond donors (Lipinski definition) is 1. The Balaban J connectivity index is 2.23. The van der Waals surface area contributed by atoms with Crippen molar-refractivity contribution in [1.29, 1.82) is 0 Å². The summed E-state index contributed by atoms with van der Waals surface area (Å²) in [6.45, 7) is 4.17. The van der Waals surface area contributed by atoms with Crippen molar-refractivity contribution in [2.24, 2.45) is 0 Å². The molecule has 1 heterocycles. The average molecular weight is 236 g/mol. The van der Waals surface area contributed by atoms with Crippen molar-refractivity contribution in [3.8, 4) is 0 Å². The summed E-state index contributed by atoms with van der Waals surface area (Å²) in [4.78, 5) is 10.8. The highest BCUT2D eigenvalue weighted by molar-refractivity contribution is 5.70. The number of carboxylic acid groups (broad SMARTS) is 1. The minimum Gasteiger partial charge on any atom is -0.481 e. The quantitative estimate of drug-likeness (QED) is 0.873. The normalized spacial score (nSPS) is 22.6. The first-order chi connectivity index (χ1) is 7.98. The third-order valence-corrected chi connectivity index (χ3v) is 2.75. The van der Waals surface area contributed by atoms with Crippen LogP contribution in [0, 0.1) is 0 Å². The predicted molar refractivity (Wildman–Crippen MR) is 61.6 cm³/mol. The molecule has 0 amide bonds. The summed E-state index contributed by atoms with van der Waals surface area (Å²) in [5.41, 5.74) is 1.69. The average Bonchev–Trinajstić information content (AvgIpc) is 2.59. The molecule has 1 unspecified atom stereocenters. The molecule has 2 rings (SSSR count). The second-order valence-electron chi connectivity index (χ2n) is 4.59. The van der Waals surface area contributed by atoms with E-state index < -0.39 is 11.8 Å². The highest BCUT2D eigenvalue weighted by Gasteiger charge is 2.34. The maximum Gasteiger partial charge on any atom is 0.307 e. The van der Waals surface area contributed by atoms with Gasteiger partial charge in [-0.15, -0.1) is 0 Å². The van der Waals surface area contributed by atoms with Crippen LogP contribution >= 0.6 is 0 Å². The van der Waals surface area contributed by atoms with Crippen molar-refractivity contribution in [1.82, 2.24) is 0 Å². The van der Waals surface area contributed by atoms with Gasteiger partial charge in [0.25, 0.3) is 0 Å². The predicted octanol–water partition coefficient (Wildman–Crippen LogP) is 2.14. The van der Waals surface area contributed by atoms with Crippen LogP contribution < -0.4 is 0 Å². The molecule has 0 bridgehead atoms. The Hall–Kier alpha value is -1.39. The fourth-order valence-corrected chi connectivity index (χ4v) is 2.01. The maximum atomic E-state index is 10.8. The topological polar surface area (TPSA) is 55.8 Å². The van der Waals surface area contributed by atoms with Crippen LogP contribution in [0.3, 0.4) is 0 Å². The van der Waals surface area contributed by atoms with E-state index in [0.717, 1.165) is 11.1 Å². The highest BCUT2D eigenvalue weighted by Crippen LogP contribution is 2.34. The molecular weight excluding hydrogens is 220 g/mol. The lowest BCUT2D eigenvalue weighted by atomic mass is 10.0. The molecule has 0 aliphatic carbocycles. The Kier molecular flexibility index (Phi) is 3.17. The summed E-state index contributed by atoms with van der Waals surface area (Å²) in [5, 5.41) is 8.86. The molecule has 4 nitrogen and oxygen atoms in total. The van der Waals surface area contributed by atoms with Crippen LogP contribution in [-0.4, -0.2) is 23.5 Å². The van der Waals surface area contributed by atoms with Crippen LogP contribution in [0.2, 0.25) is 0 Å². The molecule has 1 aromatic carbocycles. The lowest BCUT2D eigenvalue weighted by Gasteiger charge is -2.18. The van der Waals surface area contributed by atoms with E-state index in [2.05, 4.69) is 0 Å². The minimum absolute atomic E-state index is 0.0104. The molecule has 0 saturated carbocycles. The highest BCUT2D eigenvalue weighted by atomic mass is 16.7. The van der Waals surface area contributed by atoms with Crippen molar-refractivity contribution in [3.63, 3.8) is 0 Å². The van der Waals surface area contributed by atoms with E-state index in [-0.39, 0.29) is 12.5 Å². The van der Waals surface area contributed by atoms with Gasteiger partial charge in [-0.2, -0.15) is 0 Å². The molecule has 1 atom stereocenters. The van der Waals surface area contributed by atoms with Gasteiger partial charge in [0.2, 0.25) is 0 Å². The van der Waals surface area contributed by atoms with Gasteiger partial charge in [0, 0.05) is 0 Å². The van der Waals surface area contributed by atoms with Crippen molar-refractivity contribution >= 4 is 5.97 Å². The van der Waals surface area contributed by atoms with Crippen LogP contribution in [-0.2, 0) is 20.7 Å². The summed E-state index contributed by atoms with van der Waals surface area (Å²) in [7, 11) is 0. The zero-order chi connectivity index (χ0) is 12.5. The third-order valence-electron chi connectivity index (χ3n) is 2.75. The number of benzene rings is 1. The first kappa shape index (κ1) is 12.1. The number of aliphatic carboxylic acids is 1. The van der Waals surface area contributed by atoms with E-state index >= 15 is 0 Å². The molecule has 1 fully saturated rings. The fraction of sp³-hybridized carbons (Fsp3) is 0.462. The Labute approximate surface area is 100 Å². The van der Waals surface area contributed by atoms with Crippen LogP contribution in [0.1, 0.15) is 31.1 Å². The molecule has 1 aliphatic heterocycles. The Bertz CT molecular complexity index is 425. The molecule has 1 N–H and O–H groups in total. The van der Waals surface area contributed by atoms with Crippen LogP contribution in [0.25, 0.3) is 0 Å². The monoisotopic (exact) mass is 236 g/mol. The first-order valence-corrected chi connectivity index (χ1v) is 5.59. The maximum absolute atomic E-state index is 10.8. The zero-order valence-electron chi connectivity index (χ0n) is 9.97. The molecule has 0 spiro atoms. The molecule has 1 aliphatic rings. The van der Waals surface area contributed by atoms with Crippen LogP contribution in [0.5, 0.6) is 0 Å². The Morgan fingerprint density at radius 1 is 1.47 bits per heavy atom. The molecule has 92 valence electrons. The Morgan fingerprint density at radius 2 is 2.18 bits per heavy atom. The first-order valence-electron chi connectivity index (χ1n) is 5.59. The van der Waals surface area contributed by atoms with Gasteiger partial charge in [0.1, 0.15) is 6.10 Å². The standard InChI is InChI=1S/C13H16O4/c1-13(2)16-8-11(17-13)10-6-4-3-5-9(10)7-12(14)15/h3-6,11H,7-8H2,1-2H3,(H,14,15). The van der Waals surface area contributed by atoms with Crippen molar-refractivity contribution in [2.45, 2.75) is 32.2 Å². The molecule has 0 aromatic heterocycles. The van der Waals surface area contributed by atoms with E-state index in [1.807, 2.05) is 38.1 Å². The smallest absolute Gasteiger partial charge is 0.307 e. The summed E-state index contributed by atoms with van der Waals surface area (Å²) in [6, 6.07) is 7.43. The summed E-state index contributed by atoms with van der Waals surface area (Å²) < 4.78 is 11.2. The van der Waals surface area contributed by atoms with Gasteiger partial charge in [0.05, 0.1) is 13.0 Å². The SMILES string of the molecule is CC1(C)OCC(c2ccccc2CC(=O)O)O1. The van der Waals surface area contributed by atoms with E-state index in [0.29, 0.717) is 6.61 Å². The van der Waals surface area contributed by atoms with Crippen molar-refractivity contribution < 1.29 is 19.4 Å². The van der Waals surface area contributed by atoms with E-state index in [4.69, 9.17) is 14.6 Å². The van der Waals surface area contributed by atoms with Gasteiger partial charge < -0.3 is 14.6 Å². The largest absolute Gasteiger partial charge is 0.481 e. The summed E-state index contributed by atoms with van der Waals surface area (Å²) in [6.07, 6.45) is -0.170. The number of carbonyl (C=O) groups is 1. The van der Waals surface area contributed by atoms with Crippen molar-refractivity contribution in [3.05, 3.63) is 35.4 Å². The molecular formula is C13H16O4. The van der Waals surface area contributed by atoms with Crippen molar-refractivity contribution in [2.75, 3.05) is 6.61 Å². The van der Waals surface area contributed by atoms with E-state index in [1.54, 1.807) is 0 Å². The summed E-state index contributed by atoms with van der Waals surface area (Å²) >= 11 is 0.